The average molecular weight is 338 g/mol. The Kier molecular flexibility index (Phi) is 5.92. The monoisotopic (exact) mass is 338 g/mol. The number of amides is 2. The van der Waals surface area contributed by atoms with Crippen molar-refractivity contribution in [2.75, 3.05) is 25.3 Å². The lowest BCUT2D eigenvalue weighted by Gasteiger charge is -2.15. The smallest absolute Gasteiger partial charge is 0.442 e. The van der Waals surface area contributed by atoms with Crippen molar-refractivity contribution in [2.24, 2.45) is 5.73 Å². The van der Waals surface area contributed by atoms with Crippen LogP contribution in [0.3, 0.4) is 0 Å². The topological polar surface area (TPSA) is 90.6 Å². The summed E-state index contributed by atoms with van der Waals surface area (Å²) in [4.78, 5) is 22.8. The normalized spacial score (nSPS) is 11.0. The number of primary amides is 1. The number of nitrogens with two attached hydrogens (primary N) is 1. The molecular formula is C12H13F3N2O4S. The first-order valence-electron chi connectivity index (χ1n) is 5.74. The Morgan fingerprint density at radius 1 is 1.27 bits per heavy atom. The Bertz CT molecular complexity index is 578. The van der Waals surface area contributed by atoms with E-state index in [0.29, 0.717) is 0 Å². The van der Waals surface area contributed by atoms with Crippen molar-refractivity contribution >= 4 is 29.3 Å². The molecule has 0 bridgehead atoms. The second kappa shape index (κ2) is 7.25. The van der Waals surface area contributed by atoms with Crippen LogP contribution in [0.1, 0.15) is 10.4 Å². The van der Waals surface area contributed by atoms with Gasteiger partial charge in [0, 0.05) is 5.56 Å². The zero-order chi connectivity index (χ0) is 16.9. The second-order valence-corrected chi connectivity index (χ2v) is 4.95. The Hall–Kier alpha value is -2.10. The fraction of sp³-hybridized carbons (Fsp3) is 0.333. The van der Waals surface area contributed by atoms with Gasteiger partial charge in [-0.1, -0.05) is 0 Å². The number of methoxy groups -OCH3 is 2. The number of benzene rings is 1. The molecule has 0 saturated heterocycles. The standard InChI is InChI=1S/C12H13F3N2O4S/c1-20-8-4-6(11(16)19)3-7(10(8)21-2)17-9(18)5-22-12(13,14)15/h3-4H,5H2,1-2H3,(H2,16,19)(H,17,18). The number of nitrogens with one attached hydrogen (secondary N) is 1. The highest BCUT2D eigenvalue weighted by atomic mass is 32.2. The molecule has 2 amide bonds. The zero-order valence-corrected chi connectivity index (χ0v) is 12.4. The number of rotatable bonds is 6. The van der Waals surface area contributed by atoms with E-state index in [-0.39, 0.29) is 22.7 Å². The van der Waals surface area contributed by atoms with Gasteiger partial charge in [-0.3, -0.25) is 9.59 Å². The maximum absolute atomic E-state index is 12.1. The Balaban J connectivity index is 3.03. The summed E-state index contributed by atoms with van der Waals surface area (Å²) in [7, 11) is 2.58. The summed E-state index contributed by atoms with van der Waals surface area (Å²) in [5.41, 5.74) is 0.624. The van der Waals surface area contributed by atoms with Crippen molar-refractivity contribution in [3.05, 3.63) is 17.7 Å². The molecule has 1 aromatic carbocycles. The predicted molar refractivity (Wildman–Crippen MR) is 75.2 cm³/mol. The van der Waals surface area contributed by atoms with Crippen LogP contribution in [0.25, 0.3) is 0 Å². The molecule has 0 spiro atoms. The van der Waals surface area contributed by atoms with Crippen LogP contribution < -0.4 is 20.5 Å². The first kappa shape index (κ1) is 18.0. The number of halogens is 3. The van der Waals surface area contributed by atoms with Crippen LogP contribution in [0.2, 0.25) is 0 Å². The molecule has 3 N–H and O–H groups in total. The van der Waals surface area contributed by atoms with E-state index in [2.05, 4.69) is 5.32 Å². The highest BCUT2D eigenvalue weighted by Crippen LogP contribution is 2.37. The van der Waals surface area contributed by atoms with Gasteiger partial charge < -0.3 is 20.5 Å². The fourth-order valence-corrected chi connectivity index (χ4v) is 1.90. The van der Waals surface area contributed by atoms with E-state index in [1.807, 2.05) is 0 Å². The highest BCUT2D eigenvalue weighted by Gasteiger charge is 2.29. The molecule has 10 heteroatoms. The first-order valence-corrected chi connectivity index (χ1v) is 6.73. The summed E-state index contributed by atoms with van der Waals surface area (Å²) in [6, 6.07) is 2.49. The van der Waals surface area contributed by atoms with Crippen LogP contribution >= 0.6 is 11.8 Å². The summed E-state index contributed by atoms with van der Waals surface area (Å²) in [5, 5.41) is 2.23. The third-order valence-corrected chi connectivity index (χ3v) is 3.14. The Morgan fingerprint density at radius 2 is 1.91 bits per heavy atom. The van der Waals surface area contributed by atoms with Crippen LogP contribution in [0.15, 0.2) is 12.1 Å². The zero-order valence-electron chi connectivity index (χ0n) is 11.6. The molecule has 0 saturated carbocycles. The van der Waals surface area contributed by atoms with Crippen molar-refractivity contribution in [3.63, 3.8) is 0 Å². The minimum Gasteiger partial charge on any atom is -0.493 e. The maximum atomic E-state index is 12.1. The number of ether oxygens (including phenoxy) is 2. The quantitative estimate of drug-likeness (QED) is 0.828. The van der Waals surface area contributed by atoms with Crippen LogP contribution in [-0.4, -0.2) is 37.3 Å². The van der Waals surface area contributed by atoms with Gasteiger partial charge in [-0.2, -0.15) is 13.2 Å². The van der Waals surface area contributed by atoms with E-state index in [1.54, 1.807) is 0 Å². The number of hydrogen-bond acceptors (Lipinski definition) is 5. The summed E-state index contributed by atoms with van der Waals surface area (Å²) in [5.74, 6) is -2.36. The van der Waals surface area contributed by atoms with Gasteiger partial charge in [-0.15, -0.1) is 0 Å². The lowest BCUT2D eigenvalue weighted by atomic mass is 10.1. The van der Waals surface area contributed by atoms with E-state index in [4.69, 9.17) is 15.2 Å². The van der Waals surface area contributed by atoms with E-state index in [0.717, 1.165) is 0 Å². The van der Waals surface area contributed by atoms with Gasteiger partial charge in [0.2, 0.25) is 11.8 Å². The first-order chi connectivity index (χ1) is 10.2. The van der Waals surface area contributed by atoms with Crippen molar-refractivity contribution in [3.8, 4) is 11.5 Å². The summed E-state index contributed by atoms with van der Waals surface area (Å²) in [6.07, 6.45) is 0. The molecule has 0 heterocycles. The van der Waals surface area contributed by atoms with Gasteiger partial charge in [-0.25, -0.2) is 0 Å². The van der Waals surface area contributed by atoms with Crippen LogP contribution in [0.4, 0.5) is 18.9 Å². The molecular weight excluding hydrogens is 325 g/mol. The SMILES string of the molecule is COc1cc(C(N)=O)cc(NC(=O)CSC(F)(F)F)c1OC. The largest absolute Gasteiger partial charge is 0.493 e. The molecule has 0 aromatic heterocycles. The van der Waals surface area contributed by atoms with Crippen LogP contribution in [0, 0.1) is 0 Å². The van der Waals surface area contributed by atoms with Crippen molar-refractivity contribution < 1.29 is 32.2 Å². The highest BCUT2D eigenvalue weighted by molar-refractivity contribution is 8.00. The Morgan fingerprint density at radius 3 is 2.36 bits per heavy atom. The number of hydrogen-bond donors (Lipinski definition) is 2. The number of carbonyl (C=O) groups excluding carboxylic acids is 2. The van der Waals surface area contributed by atoms with Gasteiger partial charge in [0.1, 0.15) is 0 Å². The molecule has 0 aliphatic heterocycles. The molecule has 0 radical (unpaired) electrons. The van der Waals surface area contributed by atoms with Gasteiger partial charge in [0.05, 0.1) is 25.7 Å². The van der Waals surface area contributed by atoms with Gasteiger partial charge >= 0.3 is 5.51 Å². The molecule has 1 rings (SSSR count). The summed E-state index contributed by atoms with van der Waals surface area (Å²) >= 11 is -0.481. The number of alkyl halides is 3. The summed E-state index contributed by atoms with van der Waals surface area (Å²) < 4.78 is 46.2. The number of anilines is 1. The molecule has 22 heavy (non-hydrogen) atoms. The molecule has 122 valence electrons. The molecule has 1 aromatic rings. The van der Waals surface area contributed by atoms with Gasteiger partial charge in [-0.05, 0) is 23.9 Å². The van der Waals surface area contributed by atoms with Crippen LogP contribution in [0.5, 0.6) is 11.5 Å². The predicted octanol–water partition coefficient (Wildman–Crippen LogP) is 1.99. The number of thioether (sulfide) groups is 1. The maximum Gasteiger partial charge on any atom is 0.442 e. The van der Waals surface area contributed by atoms with Gasteiger partial charge in [0.15, 0.2) is 11.5 Å². The van der Waals surface area contributed by atoms with E-state index < -0.39 is 34.8 Å². The lowest BCUT2D eigenvalue weighted by Crippen LogP contribution is -2.19. The third-order valence-electron chi connectivity index (χ3n) is 2.40. The number of carbonyl (C=O) groups is 2. The molecule has 0 atom stereocenters. The fourth-order valence-electron chi connectivity index (χ4n) is 1.53. The summed E-state index contributed by atoms with van der Waals surface area (Å²) in [6.45, 7) is 0. The molecule has 0 aliphatic rings. The van der Waals surface area contributed by atoms with Gasteiger partial charge in [0.25, 0.3) is 0 Å². The average Bonchev–Trinajstić information content (AvgIpc) is 2.43. The second-order valence-electron chi connectivity index (χ2n) is 3.91. The van der Waals surface area contributed by atoms with Crippen molar-refractivity contribution in [2.45, 2.75) is 5.51 Å². The molecule has 6 nitrogen and oxygen atoms in total. The van der Waals surface area contributed by atoms with Crippen LogP contribution in [-0.2, 0) is 4.79 Å². The van der Waals surface area contributed by atoms with Crippen molar-refractivity contribution in [1.29, 1.82) is 0 Å². The minimum absolute atomic E-state index is 0.0106. The lowest BCUT2D eigenvalue weighted by molar-refractivity contribution is -0.114. The molecule has 0 aliphatic carbocycles. The molecule has 0 unspecified atom stereocenters. The van der Waals surface area contributed by atoms with E-state index in [9.17, 15) is 22.8 Å². The van der Waals surface area contributed by atoms with Crippen molar-refractivity contribution in [1.82, 2.24) is 0 Å². The van der Waals surface area contributed by atoms with E-state index >= 15 is 0 Å². The Labute approximate surface area is 128 Å². The third kappa shape index (κ3) is 5.02. The minimum atomic E-state index is -4.52. The molecule has 0 fully saturated rings. The van der Waals surface area contributed by atoms with E-state index in [1.165, 1.54) is 26.4 Å².